The smallest absolute Gasteiger partial charge is 0.0995 e. The minimum Gasteiger partial charge on any atom is -0.378 e. The third-order valence-corrected chi connectivity index (χ3v) is 2.63. The van der Waals surface area contributed by atoms with Crippen molar-refractivity contribution in [1.29, 1.82) is 0 Å². The minimum absolute atomic E-state index is 0.140. The zero-order valence-electron chi connectivity index (χ0n) is 10.0. The van der Waals surface area contributed by atoms with Crippen molar-refractivity contribution in [3.63, 3.8) is 0 Å². The molecule has 2 heterocycles. The lowest BCUT2D eigenvalue weighted by atomic mass is 10.1. The summed E-state index contributed by atoms with van der Waals surface area (Å²) in [5.41, 5.74) is 9.20. The molecule has 0 aliphatic carbocycles. The van der Waals surface area contributed by atoms with Gasteiger partial charge in [-0.3, -0.25) is 0 Å². The average molecular weight is 218 g/mol. The van der Waals surface area contributed by atoms with E-state index in [1.807, 2.05) is 37.9 Å². The van der Waals surface area contributed by atoms with Gasteiger partial charge in [-0.25, -0.2) is 4.98 Å². The molecule has 4 heteroatoms. The van der Waals surface area contributed by atoms with Crippen molar-refractivity contribution in [3.8, 4) is 0 Å². The van der Waals surface area contributed by atoms with Crippen LogP contribution in [0.2, 0.25) is 0 Å². The predicted molar refractivity (Wildman–Crippen MR) is 66.9 cm³/mol. The molecule has 0 spiro atoms. The molecule has 0 aromatic carbocycles. The van der Waals surface area contributed by atoms with Gasteiger partial charge in [-0.05, 0) is 19.1 Å². The summed E-state index contributed by atoms with van der Waals surface area (Å²) in [5, 5.41) is 0. The number of anilines is 1. The van der Waals surface area contributed by atoms with E-state index in [1.54, 1.807) is 0 Å². The number of aromatic nitrogens is 2. The van der Waals surface area contributed by atoms with E-state index in [1.165, 1.54) is 5.69 Å². The normalized spacial score (nSPS) is 13.0. The maximum absolute atomic E-state index is 5.81. The van der Waals surface area contributed by atoms with Crippen molar-refractivity contribution in [3.05, 3.63) is 30.4 Å². The molecule has 0 bridgehead atoms. The predicted octanol–water partition coefficient (Wildman–Crippen LogP) is 1.29. The second-order valence-corrected chi connectivity index (χ2v) is 4.44. The van der Waals surface area contributed by atoms with Crippen LogP contribution in [0.4, 0.5) is 5.69 Å². The summed E-state index contributed by atoms with van der Waals surface area (Å²) in [4.78, 5) is 6.49. The molecule has 86 valence electrons. The molecule has 2 N–H and O–H groups in total. The topological polar surface area (TPSA) is 46.6 Å². The highest BCUT2D eigenvalue weighted by Gasteiger charge is 2.07. The van der Waals surface area contributed by atoms with Gasteiger partial charge in [-0.15, -0.1) is 0 Å². The summed E-state index contributed by atoms with van der Waals surface area (Å²) < 4.78 is 2.03. The number of fused-ring (bicyclic) bond motifs is 1. The van der Waals surface area contributed by atoms with Gasteiger partial charge in [0.15, 0.2) is 0 Å². The van der Waals surface area contributed by atoms with Crippen LogP contribution in [-0.4, -0.2) is 29.5 Å². The van der Waals surface area contributed by atoms with Crippen LogP contribution in [0.25, 0.3) is 5.52 Å². The van der Waals surface area contributed by atoms with Crippen molar-refractivity contribution in [2.24, 2.45) is 5.73 Å². The van der Waals surface area contributed by atoms with E-state index in [-0.39, 0.29) is 6.04 Å². The highest BCUT2D eigenvalue weighted by molar-refractivity contribution is 5.62. The standard InChI is InChI=1S/C12H18N4/c1-9(13)6-11-12-7-10(15(2)3)4-5-16(12)8-14-11/h4-5,7-9H,6,13H2,1-3H3. The number of hydrogen-bond acceptors (Lipinski definition) is 3. The fourth-order valence-corrected chi connectivity index (χ4v) is 1.77. The Labute approximate surface area is 95.7 Å². The summed E-state index contributed by atoms with van der Waals surface area (Å²) in [6.45, 7) is 2.00. The van der Waals surface area contributed by atoms with E-state index in [0.29, 0.717) is 0 Å². The number of pyridine rings is 1. The summed E-state index contributed by atoms with van der Waals surface area (Å²) in [6.07, 6.45) is 4.68. The third kappa shape index (κ3) is 2.02. The van der Waals surface area contributed by atoms with Crippen LogP contribution in [0.15, 0.2) is 24.7 Å². The van der Waals surface area contributed by atoms with Crippen molar-refractivity contribution in [1.82, 2.24) is 9.38 Å². The van der Waals surface area contributed by atoms with Crippen LogP contribution >= 0.6 is 0 Å². The van der Waals surface area contributed by atoms with Gasteiger partial charge in [0.2, 0.25) is 0 Å². The van der Waals surface area contributed by atoms with Gasteiger partial charge < -0.3 is 15.0 Å². The Bertz CT molecular complexity index is 485. The maximum Gasteiger partial charge on any atom is 0.0995 e. The van der Waals surface area contributed by atoms with Crippen LogP contribution in [0.5, 0.6) is 0 Å². The maximum atomic E-state index is 5.81. The van der Waals surface area contributed by atoms with Gasteiger partial charge >= 0.3 is 0 Å². The molecule has 0 aliphatic heterocycles. The number of imidazole rings is 1. The first-order chi connectivity index (χ1) is 7.58. The van der Waals surface area contributed by atoms with Gasteiger partial charge in [0.05, 0.1) is 17.5 Å². The zero-order valence-corrected chi connectivity index (χ0v) is 10.0. The van der Waals surface area contributed by atoms with E-state index in [9.17, 15) is 0 Å². The lowest BCUT2D eigenvalue weighted by Crippen LogP contribution is -2.18. The molecule has 4 nitrogen and oxygen atoms in total. The second kappa shape index (κ2) is 4.14. The van der Waals surface area contributed by atoms with Crippen molar-refractivity contribution in [2.45, 2.75) is 19.4 Å². The highest BCUT2D eigenvalue weighted by atomic mass is 15.1. The molecule has 0 radical (unpaired) electrons. The van der Waals surface area contributed by atoms with E-state index < -0.39 is 0 Å². The molecule has 0 fully saturated rings. The number of hydrogen-bond donors (Lipinski definition) is 1. The quantitative estimate of drug-likeness (QED) is 0.844. The Kier molecular flexibility index (Phi) is 2.83. The molecule has 0 saturated heterocycles. The molecule has 1 atom stereocenters. The van der Waals surface area contributed by atoms with Crippen molar-refractivity contribution >= 4 is 11.2 Å². The van der Waals surface area contributed by atoms with Gasteiger partial charge in [0.25, 0.3) is 0 Å². The average Bonchev–Trinajstić information content (AvgIpc) is 2.60. The molecule has 0 amide bonds. The molecule has 0 saturated carbocycles. The third-order valence-electron chi connectivity index (χ3n) is 2.63. The molecule has 2 aromatic rings. The lowest BCUT2D eigenvalue weighted by molar-refractivity contribution is 0.729. The Morgan fingerprint density at radius 1 is 1.50 bits per heavy atom. The van der Waals surface area contributed by atoms with Crippen molar-refractivity contribution in [2.75, 3.05) is 19.0 Å². The Morgan fingerprint density at radius 3 is 2.88 bits per heavy atom. The van der Waals surface area contributed by atoms with Crippen LogP contribution < -0.4 is 10.6 Å². The molecular formula is C12H18N4. The Morgan fingerprint density at radius 2 is 2.25 bits per heavy atom. The largest absolute Gasteiger partial charge is 0.378 e. The molecular weight excluding hydrogens is 200 g/mol. The van der Waals surface area contributed by atoms with Crippen LogP contribution in [0.1, 0.15) is 12.6 Å². The van der Waals surface area contributed by atoms with E-state index in [2.05, 4.69) is 22.0 Å². The summed E-state index contributed by atoms with van der Waals surface area (Å²) in [6, 6.07) is 4.36. The molecule has 0 aliphatic rings. The molecule has 16 heavy (non-hydrogen) atoms. The fraction of sp³-hybridized carbons (Fsp3) is 0.417. The molecule has 2 rings (SSSR count). The number of rotatable bonds is 3. The van der Waals surface area contributed by atoms with E-state index in [4.69, 9.17) is 5.73 Å². The number of nitrogens with zero attached hydrogens (tertiary/aromatic N) is 3. The van der Waals surface area contributed by atoms with Crippen LogP contribution in [0, 0.1) is 0 Å². The Balaban J connectivity index is 2.47. The molecule has 2 aromatic heterocycles. The summed E-state index contributed by atoms with van der Waals surface area (Å²) >= 11 is 0. The monoisotopic (exact) mass is 218 g/mol. The fourth-order valence-electron chi connectivity index (χ4n) is 1.77. The van der Waals surface area contributed by atoms with Gasteiger partial charge in [0.1, 0.15) is 0 Å². The van der Waals surface area contributed by atoms with Gasteiger partial charge in [-0.1, -0.05) is 0 Å². The molecule has 1 unspecified atom stereocenters. The van der Waals surface area contributed by atoms with Crippen molar-refractivity contribution < 1.29 is 0 Å². The minimum atomic E-state index is 0.140. The second-order valence-electron chi connectivity index (χ2n) is 4.44. The van der Waals surface area contributed by atoms with E-state index >= 15 is 0 Å². The Hall–Kier alpha value is -1.55. The summed E-state index contributed by atoms with van der Waals surface area (Å²) in [5.74, 6) is 0. The first kappa shape index (κ1) is 11.0. The number of nitrogens with two attached hydrogens (primary N) is 1. The zero-order chi connectivity index (χ0) is 11.7. The van der Waals surface area contributed by atoms with Gasteiger partial charge in [-0.2, -0.15) is 0 Å². The van der Waals surface area contributed by atoms with Crippen LogP contribution in [-0.2, 0) is 6.42 Å². The SMILES string of the molecule is CC(N)Cc1ncn2ccc(N(C)C)cc12. The first-order valence-electron chi connectivity index (χ1n) is 5.46. The summed E-state index contributed by atoms with van der Waals surface area (Å²) in [7, 11) is 4.07. The van der Waals surface area contributed by atoms with Gasteiger partial charge in [0, 0.05) is 38.4 Å². The lowest BCUT2D eigenvalue weighted by Gasteiger charge is -2.12. The first-order valence-corrected chi connectivity index (χ1v) is 5.46. The van der Waals surface area contributed by atoms with Crippen LogP contribution in [0.3, 0.4) is 0 Å². The highest BCUT2D eigenvalue weighted by Crippen LogP contribution is 2.18. The van der Waals surface area contributed by atoms with E-state index in [0.717, 1.165) is 17.6 Å².